The largest absolute Gasteiger partial charge is 0.524 e. The topological polar surface area (TPSA) is 99.1 Å². The Hall–Kier alpha value is -1.40. The van der Waals surface area contributed by atoms with Gasteiger partial charge < -0.3 is 9.42 Å². The molecular formula is C15H21N2O5P. The zero-order valence-corrected chi connectivity index (χ0v) is 13.8. The smallest absolute Gasteiger partial charge is 0.404 e. The quantitative estimate of drug-likeness (QED) is 0.717. The Kier molecular flexibility index (Phi) is 4.23. The lowest BCUT2D eigenvalue weighted by Crippen LogP contribution is -2.48. The third-order valence-corrected chi connectivity index (χ3v) is 5.18. The SMILES string of the molecule is CN1C(=O)[C@H](Cc2ccc(OP(=O)(O)O)cc2)NC12CCCC2. The lowest BCUT2D eigenvalue weighted by molar-refractivity contribution is -0.130. The Balaban J connectivity index is 1.68. The zero-order valence-electron chi connectivity index (χ0n) is 12.9. The molecule has 0 aromatic heterocycles. The van der Waals surface area contributed by atoms with E-state index in [2.05, 4.69) is 9.84 Å². The Labute approximate surface area is 134 Å². The van der Waals surface area contributed by atoms with E-state index in [9.17, 15) is 9.36 Å². The molecule has 1 aliphatic carbocycles. The number of carbonyl (C=O) groups is 1. The van der Waals surface area contributed by atoms with E-state index in [1.807, 2.05) is 11.9 Å². The maximum Gasteiger partial charge on any atom is 0.524 e. The molecule has 3 rings (SSSR count). The van der Waals surface area contributed by atoms with E-state index in [1.165, 1.54) is 12.1 Å². The lowest BCUT2D eigenvalue weighted by atomic mass is 10.1. The molecular weight excluding hydrogens is 319 g/mol. The van der Waals surface area contributed by atoms with Crippen LogP contribution in [0, 0.1) is 0 Å². The highest BCUT2D eigenvalue weighted by molar-refractivity contribution is 7.46. The molecule has 126 valence electrons. The van der Waals surface area contributed by atoms with Crippen LogP contribution in [-0.2, 0) is 15.8 Å². The van der Waals surface area contributed by atoms with Crippen LogP contribution >= 0.6 is 7.82 Å². The number of hydrogen-bond acceptors (Lipinski definition) is 4. The molecule has 1 aromatic rings. The summed E-state index contributed by atoms with van der Waals surface area (Å²) in [6.45, 7) is 0. The molecule has 8 heteroatoms. The third kappa shape index (κ3) is 3.43. The third-order valence-electron chi connectivity index (χ3n) is 4.73. The van der Waals surface area contributed by atoms with Gasteiger partial charge in [0.1, 0.15) is 5.75 Å². The molecule has 1 spiro atoms. The van der Waals surface area contributed by atoms with Crippen molar-refractivity contribution in [3.8, 4) is 5.75 Å². The van der Waals surface area contributed by atoms with Crippen LogP contribution in [0.1, 0.15) is 31.2 Å². The molecule has 1 aromatic carbocycles. The van der Waals surface area contributed by atoms with Crippen molar-refractivity contribution in [1.29, 1.82) is 0 Å². The standard InChI is InChI=1S/C15H21N2O5P/c1-17-14(18)13(16-15(17)8-2-3-9-15)10-11-4-6-12(7-5-11)22-23(19,20)21/h4-7,13,16H,2-3,8-10H2,1H3,(H2,19,20,21)/t13-/m0/s1. The van der Waals surface area contributed by atoms with Gasteiger partial charge in [-0.25, -0.2) is 4.57 Å². The summed E-state index contributed by atoms with van der Waals surface area (Å²) in [5.74, 6) is 0.208. The van der Waals surface area contributed by atoms with E-state index in [0.717, 1.165) is 31.2 Å². The predicted octanol–water partition coefficient (Wildman–Crippen LogP) is 1.40. The van der Waals surface area contributed by atoms with Gasteiger partial charge in [-0.15, -0.1) is 0 Å². The molecule has 0 radical (unpaired) electrons. The highest BCUT2D eigenvalue weighted by atomic mass is 31.2. The van der Waals surface area contributed by atoms with Crippen LogP contribution in [0.15, 0.2) is 24.3 Å². The van der Waals surface area contributed by atoms with Crippen LogP contribution in [0.5, 0.6) is 5.75 Å². The van der Waals surface area contributed by atoms with E-state index < -0.39 is 7.82 Å². The molecule has 1 atom stereocenters. The summed E-state index contributed by atoms with van der Waals surface area (Å²) >= 11 is 0. The second-order valence-corrected chi connectivity index (χ2v) is 7.43. The number of phosphoric acid groups is 1. The average Bonchev–Trinajstić information content (AvgIpc) is 3.02. The Bertz CT molecular complexity index is 636. The summed E-state index contributed by atoms with van der Waals surface area (Å²) < 4.78 is 15.3. The van der Waals surface area contributed by atoms with Gasteiger partial charge in [0.05, 0.1) is 11.7 Å². The molecule has 1 saturated carbocycles. The average molecular weight is 340 g/mol. The number of nitrogens with one attached hydrogen (secondary N) is 1. The van der Waals surface area contributed by atoms with Crippen LogP contribution in [-0.4, -0.2) is 39.3 Å². The summed E-state index contributed by atoms with van der Waals surface area (Å²) in [6, 6.07) is 6.19. The fourth-order valence-corrected chi connectivity index (χ4v) is 3.96. The number of amides is 1. The van der Waals surface area contributed by atoms with Gasteiger partial charge in [-0.05, 0) is 49.8 Å². The Morgan fingerprint density at radius 1 is 1.30 bits per heavy atom. The summed E-state index contributed by atoms with van der Waals surface area (Å²) in [5.41, 5.74) is 0.725. The molecule has 0 unspecified atom stereocenters. The zero-order chi connectivity index (χ0) is 16.7. The van der Waals surface area contributed by atoms with Gasteiger partial charge in [-0.3, -0.25) is 19.9 Å². The number of likely N-dealkylation sites (N-methyl/N-ethyl adjacent to an activating group) is 1. The number of nitrogens with zero attached hydrogens (tertiary/aromatic N) is 1. The molecule has 1 amide bonds. The van der Waals surface area contributed by atoms with Crippen molar-refractivity contribution in [1.82, 2.24) is 10.2 Å². The van der Waals surface area contributed by atoms with E-state index in [1.54, 1.807) is 12.1 Å². The maximum absolute atomic E-state index is 12.5. The van der Waals surface area contributed by atoms with Crippen molar-refractivity contribution in [3.05, 3.63) is 29.8 Å². The molecule has 23 heavy (non-hydrogen) atoms. The number of carbonyl (C=O) groups excluding carboxylic acids is 1. The monoisotopic (exact) mass is 340 g/mol. The number of benzene rings is 1. The normalized spacial score (nSPS) is 23.7. The van der Waals surface area contributed by atoms with Crippen molar-refractivity contribution in [2.45, 2.75) is 43.8 Å². The van der Waals surface area contributed by atoms with Crippen molar-refractivity contribution in [2.75, 3.05) is 7.05 Å². The first-order valence-electron chi connectivity index (χ1n) is 7.69. The minimum absolute atomic E-state index is 0.0995. The molecule has 0 bridgehead atoms. The van der Waals surface area contributed by atoms with Gasteiger partial charge in [0.25, 0.3) is 0 Å². The molecule has 2 aliphatic rings. The molecule has 3 N–H and O–H groups in total. The predicted molar refractivity (Wildman–Crippen MR) is 83.7 cm³/mol. The minimum atomic E-state index is -4.54. The summed E-state index contributed by atoms with van der Waals surface area (Å²) in [7, 11) is -2.68. The van der Waals surface area contributed by atoms with Gasteiger partial charge in [-0.1, -0.05) is 12.1 Å². The van der Waals surface area contributed by atoms with Gasteiger partial charge in [0.15, 0.2) is 0 Å². The van der Waals surface area contributed by atoms with Gasteiger partial charge in [-0.2, -0.15) is 0 Å². The Morgan fingerprint density at radius 2 is 1.91 bits per heavy atom. The maximum atomic E-state index is 12.5. The summed E-state index contributed by atoms with van der Waals surface area (Å²) in [6.07, 6.45) is 4.78. The summed E-state index contributed by atoms with van der Waals surface area (Å²) in [5, 5.41) is 3.49. The van der Waals surface area contributed by atoms with Crippen LogP contribution in [0.4, 0.5) is 0 Å². The lowest BCUT2D eigenvalue weighted by Gasteiger charge is -2.31. The Morgan fingerprint density at radius 3 is 2.48 bits per heavy atom. The second-order valence-electron chi connectivity index (χ2n) is 6.26. The molecule has 1 aliphatic heterocycles. The van der Waals surface area contributed by atoms with Crippen LogP contribution in [0.2, 0.25) is 0 Å². The van der Waals surface area contributed by atoms with Crippen LogP contribution in [0.25, 0.3) is 0 Å². The fourth-order valence-electron chi connectivity index (χ4n) is 3.56. The second kappa shape index (κ2) is 5.91. The van der Waals surface area contributed by atoms with Crippen LogP contribution in [0.3, 0.4) is 0 Å². The van der Waals surface area contributed by atoms with E-state index in [-0.39, 0.29) is 23.4 Å². The number of phosphoric ester groups is 1. The molecule has 1 heterocycles. The van der Waals surface area contributed by atoms with Gasteiger partial charge in [0.2, 0.25) is 5.91 Å². The number of rotatable bonds is 4. The fraction of sp³-hybridized carbons (Fsp3) is 0.533. The minimum Gasteiger partial charge on any atom is -0.404 e. The summed E-state index contributed by atoms with van der Waals surface area (Å²) in [4.78, 5) is 31.9. The van der Waals surface area contributed by atoms with Gasteiger partial charge >= 0.3 is 7.82 Å². The first-order valence-corrected chi connectivity index (χ1v) is 9.22. The van der Waals surface area contributed by atoms with E-state index in [0.29, 0.717) is 6.42 Å². The van der Waals surface area contributed by atoms with E-state index in [4.69, 9.17) is 9.79 Å². The first-order chi connectivity index (χ1) is 10.8. The van der Waals surface area contributed by atoms with Crippen LogP contribution < -0.4 is 9.84 Å². The van der Waals surface area contributed by atoms with Crippen molar-refractivity contribution < 1.29 is 23.7 Å². The van der Waals surface area contributed by atoms with E-state index >= 15 is 0 Å². The highest BCUT2D eigenvalue weighted by Gasteiger charge is 2.49. The molecule has 2 fully saturated rings. The number of hydrogen-bond donors (Lipinski definition) is 3. The van der Waals surface area contributed by atoms with Crippen molar-refractivity contribution >= 4 is 13.7 Å². The van der Waals surface area contributed by atoms with Crippen molar-refractivity contribution in [2.24, 2.45) is 0 Å². The molecule has 1 saturated heterocycles. The molecule has 7 nitrogen and oxygen atoms in total. The first kappa shape index (κ1) is 16.5. The van der Waals surface area contributed by atoms with Crippen molar-refractivity contribution in [3.63, 3.8) is 0 Å². The van der Waals surface area contributed by atoms with Gasteiger partial charge in [0, 0.05) is 7.05 Å². The highest BCUT2D eigenvalue weighted by Crippen LogP contribution is 2.38.